The van der Waals surface area contributed by atoms with Crippen LogP contribution in [0.4, 0.5) is 0 Å². The number of para-hydroxylation sites is 5. The molecule has 8 nitrogen and oxygen atoms in total. The Hall–Kier alpha value is -8.06. The molecule has 5 heterocycles. The van der Waals surface area contributed by atoms with Crippen LogP contribution in [0.15, 0.2) is 193 Å². The van der Waals surface area contributed by atoms with Crippen LogP contribution in [-0.4, -0.2) is 23.5 Å². The molecule has 13 rings (SSSR count). The van der Waals surface area contributed by atoms with Gasteiger partial charge in [-0.05, 0) is 69.7 Å². The van der Waals surface area contributed by atoms with Crippen molar-refractivity contribution in [2.24, 2.45) is 0 Å². The number of fused-ring (bicyclic) bond motifs is 9. The van der Waals surface area contributed by atoms with E-state index in [9.17, 15) is 0 Å². The number of pyridine rings is 1. The third kappa shape index (κ3) is 6.21. The maximum Gasteiger partial charge on any atom is 0.268 e. The standard InChI is InChI=1S/C56H34N6O2.Pt/c1-36-15-12-27-49-54(36)58-56-61(49)48-30-29-41(32-50(48)62(56)53-33-45-44-22-8-11-28-51(44)64-52(45)34-57-53)63-40-21-13-20-39(31-40)59-35-60(47-26-10-9-25-46(47)59)55-42(37-16-4-2-5-17-37)23-14-24-43(55)38-18-6-3-7-19-38;/h2-30,33-34H,1H3;/q-2;. The summed E-state index contributed by atoms with van der Waals surface area (Å²) in [5, 5.41) is 2.00. The van der Waals surface area contributed by atoms with Gasteiger partial charge in [0.2, 0.25) is 5.78 Å². The van der Waals surface area contributed by atoms with Crippen molar-refractivity contribution in [2.75, 3.05) is 0 Å². The summed E-state index contributed by atoms with van der Waals surface area (Å²) in [6.07, 6.45) is 5.54. The third-order valence-corrected chi connectivity index (χ3v) is 12.1. The number of nitrogens with zero attached hydrogens (tertiary/aromatic N) is 6. The number of hydrogen-bond donors (Lipinski definition) is 0. The Balaban J connectivity index is 0.00000444. The van der Waals surface area contributed by atoms with Gasteiger partial charge in [0.25, 0.3) is 6.33 Å². The van der Waals surface area contributed by atoms with Crippen LogP contribution in [0.2, 0.25) is 0 Å². The molecule has 0 aliphatic carbocycles. The van der Waals surface area contributed by atoms with Crippen LogP contribution in [0.5, 0.6) is 11.5 Å². The van der Waals surface area contributed by atoms with Gasteiger partial charge in [0, 0.05) is 43.3 Å². The number of ether oxygens (including phenoxy) is 1. The first kappa shape index (κ1) is 38.6. The predicted octanol–water partition coefficient (Wildman–Crippen LogP) is 12.8. The maximum absolute atomic E-state index is 6.67. The van der Waals surface area contributed by atoms with Gasteiger partial charge in [0.1, 0.15) is 11.4 Å². The van der Waals surface area contributed by atoms with Gasteiger partial charge in [-0.15, -0.1) is 30.3 Å². The second-order valence-electron chi connectivity index (χ2n) is 15.9. The number of hydrogen-bond acceptors (Lipinski definition) is 4. The Labute approximate surface area is 387 Å². The molecule has 65 heavy (non-hydrogen) atoms. The average molecular weight is 1020 g/mol. The molecule has 0 fully saturated rings. The second-order valence-corrected chi connectivity index (χ2v) is 15.9. The first-order valence-electron chi connectivity index (χ1n) is 21.2. The van der Waals surface area contributed by atoms with Crippen molar-refractivity contribution in [1.29, 1.82) is 0 Å². The second kappa shape index (κ2) is 15.3. The Bertz CT molecular complexity index is 3900. The minimum Gasteiger partial charge on any atom is -0.510 e. The number of aryl methyl sites for hydroxylation is 1. The number of aromatic nitrogens is 6. The minimum atomic E-state index is 0. The topological polar surface area (TPSA) is 66.3 Å². The van der Waals surface area contributed by atoms with Gasteiger partial charge in [0.05, 0.1) is 34.0 Å². The van der Waals surface area contributed by atoms with Crippen molar-refractivity contribution in [3.8, 4) is 50.9 Å². The van der Waals surface area contributed by atoms with E-state index in [1.165, 1.54) is 0 Å². The fourth-order valence-electron chi connectivity index (χ4n) is 9.18. The quantitative estimate of drug-likeness (QED) is 0.118. The van der Waals surface area contributed by atoms with Crippen LogP contribution < -0.4 is 9.30 Å². The molecular formula is C56H34N6O2Pt-2. The van der Waals surface area contributed by atoms with Gasteiger partial charge in [-0.25, -0.2) is 9.97 Å². The van der Waals surface area contributed by atoms with Crippen molar-refractivity contribution >= 4 is 60.8 Å². The van der Waals surface area contributed by atoms with Gasteiger partial charge >= 0.3 is 0 Å². The molecule has 0 radical (unpaired) electrons. The molecule has 0 aliphatic rings. The average Bonchev–Trinajstić information content (AvgIpc) is 4.11. The first-order chi connectivity index (χ1) is 31.6. The van der Waals surface area contributed by atoms with Gasteiger partial charge in [-0.2, -0.15) is 12.1 Å². The van der Waals surface area contributed by atoms with E-state index in [4.69, 9.17) is 19.1 Å². The summed E-state index contributed by atoms with van der Waals surface area (Å²) in [6.45, 7) is 2.09. The molecule has 0 unspecified atom stereocenters. The fraction of sp³-hybridized carbons (Fsp3) is 0.0179. The molecule has 0 saturated heterocycles. The Morgan fingerprint density at radius 3 is 2.11 bits per heavy atom. The Morgan fingerprint density at radius 1 is 0.600 bits per heavy atom. The van der Waals surface area contributed by atoms with Crippen molar-refractivity contribution in [2.45, 2.75) is 6.92 Å². The SMILES string of the molecule is Cc1cccc2c1nc1n(-c3cc4c(cn3)oc3ccccc34)c3[c-]c(Oc4[c-]c(-n5[c-][n+](-c6c(-c7ccccc7)cccc6-c6ccccc6)c6ccccc65)ccc4)ccc3n21.[Pt]. The maximum atomic E-state index is 6.67. The van der Waals surface area contributed by atoms with E-state index in [1.807, 2.05) is 42.5 Å². The molecule has 0 atom stereocenters. The van der Waals surface area contributed by atoms with Gasteiger partial charge in [-0.3, -0.25) is 9.13 Å². The largest absolute Gasteiger partial charge is 0.510 e. The van der Waals surface area contributed by atoms with E-state index in [0.717, 1.165) is 100 Å². The molecule has 8 aromatic carbocycles. The molecule has 312 valence electrons. The zero-order chi connectivity index (χ0) is 42.3. The molecule has 9 heteroatoms. The van der Waals surface area contributed by atoms with Crippen molar-refractivity contribution in [3.63, 3.8) is 0 Å². The van der Waals surface area contributed by atoms with E-state index in [-0.39, 0.29) is 21.1 Å². The zero-order valence-electron chi connectivity index (χ0n) is 34.7. The number of imidazole rings is 3. The summed E-state index contributed by atoms with van der Waals surface area (Å²) in [5.41, 5.74) is 14.5. The Morgan fingerprint density at radius 2 is 1.29 bits per heavy atom. The van der Waals surface area contributed by atoms with E-state index < -0.39 is 0 Å². The number of benzene rings is 8. The summed E-state index contributed by atoms with van der Waals surface area (Å²) in [7, 11) is 0. The number of rotatable bonds is 7. The molecular weight excluding hydrogens is 984 g/mol. The van der Waals surface area contributed by atoms with Crippen LogP contribution in [0.3, 0.4) is 0 Å². The van der Waals surface area contributed by atoms with Crippen molar-refractivity contribution in [3.05, 3.63) is 212 Å². The molecule has 0 bridgehead atoms. The minimum absolute atomic E-state index is 0. The summed E-state index contributed by atoms with van der Waals surface area (Å²) >= 11 is 0. The van der Waals surface area contributed by atoms with E-state index in [1.54, 1.807) is 6.20 Å². The number of furan rings is 1. The summed E-state index contributed by atoms with van der Waals surface area (Å²) in [6, 6.07) is 69.4. The van der Waals surface area contributed by atoms with Crippen LogP contribution in [0, 0.1) is 25.4 Å². The summed E-state index contributed by atoms with van der Waals surface area (Å²) in [5.74, 6) is 2.49. The smallest absolute Gasteiger partial charge is 0.268 e. The van der Waals surface area contributed by atoms with Crippen molar-refractivity contribution in [1.82, 2.24) is 23.5 Å². The molecule has 0 saturated carbocycles. The molecule has 0 N–H and O–H groups in total. The normalized spacial score (nSPS) is 11.6. The van der Waals surface area contributed by atoms with Gasteiger partial charge in [0.15, 0.2) is 5.58 Å². The van der Waals surface area contributed by atoms with E-state index in [2.05, 4.69) is 183 Å². The van der Waals surface area contributed by atoms with Crippen LogP contribution in [0.25, 0.3) is 100 Å². The predicted molar refractivity (Wildman–Crippen MR) is 252 cm³/mol. The zero-order valence-corrected chi connectivity index (χ0v) is 37.0. The van der Waals surface area contributed by atoms with Gasteiger partial charge < -0.3 is 18.1 Å². The monoisotopic (exact) mass is 1020 g/mol. The summed E-state index contributed by atoms with van der Waals surface area (Å²) in [4.78, 5) is 10.1. The van der Waals surface area contributed by atoms with E-state index >= 15 is 0 Å². The van der Waals surface area contributed by atoms with Crippen LogP contribution in [-0.2, 0) is 21.1 Å². The van der Waals surface area contributed by atoms with Crippen molar-refractivity contribution < 1.29 is 34.8 Å². The molecule has 0 amide bonds. The van der Waals surface area contributed by atoms with Gasteiger partial charge in [-0.1, -0.05) is 133 Å². The Kier molecular flexibility index (Phi) is 9.10. The molecule has 13 aromatic rings. The van der Waals surface area contributed by atoms with Crippen LogP contribution >= 0.6 is 0 Å². The third-order valence-electron chi connectivity index (χ3n) is 12.1. The van der Waals surface area contributed by atoms with Crippen LogP contribution in [0.1, 0.15) is 5.56 Å². The fourth-order valence-corrected chi connectivity index (χ4v) is 9.18. The molecule has 0 spiro atoms. The van der Waals surface area contributed by atoms with E-state index in [0.29, 0.717) is 17.3 Å². The molecule has 5 aromatic heterocycles. The molecule has 0 aliphatic heterocycles. The summed E-state index contributed by atoms with van der Waals surface area (Å²) < 4.78 is 21.3. The first-order valence-corrected chi connectivity index (χ1v) is 21.2.